The molecule has 0 aromatic carbocycles. The van der Waals surface area contributed by atoms with Gasteiger partial charge >= 0.3 is 0 Å². The molecule has 1 aromatic heterocycles. The number of aliphatic hydroxyl groups excluding tert-OH is 1. The number of rotatable bonds is 1. The van der Waals surface area contributed by atoms with Crippen molar-refractivity contribution >= 4 is 5.82 Å². The topological polar surface area (TPSA) is 45.6 Å². The van der Waals surface area contributed by atoms with Crippen molar-refractivity contribution < 1.29 is 9.84 Å². The van der Waals surface area contributed by atoms with Gasteiger partial charge in [0.2, 0.25) is 0 Å². The number of nitrogens with zero attached hydrogens (tertiary/aromatic N) is 2. The molecule has 1 N–H and O–H groups in total. The molecule has 0 amide bonds. The Bertz CT molecular complexity index is 433. The van der Waals surface area contributed by atoms with Crippen molar-refractivity contribution in [2.24, 2.45) is 0 Å². The molecule has 0 saturated carbocycles. The lowest BCUT2D eigenvalue weighted by molar-refractivity contribution is 0.187. The summed E-state index contributed by atoms with van der Waals surface area (Å²) in [5, 5.41) is 9.74. The fourth-order valence-corrected chi connectivity index (χ4v) is 2.75. The quantitative estimate of drug-likeness (QED) is 0.800. The monoisotopic (exact) mass is 234 g/mol. The molecule has 2 aliphatic heterocycles. The molecule has 1 fully saturated rings. The lowest BCUT2D eigenvalue weighted by Gasteiger charge is -2.33. The molecule has 1 aromatic rings. The minimum absolute atomic E-state index is 0.251. The molecule has 17 heavy (non-hydrogen) atoms. The third kappa shape index (κ3) is 1.67. The van der Waals surface area contributed by atoms with E-state index in [9.17, 15) is 5.11 Å². The van der Waals surface area contributed by atoms with Crippen LogP contribution in [-0.4, -0.2) is 35.4 Å². The predicted octanol–water partition coefficient (Wildman–Crippen LogP) is 1.54. The van der Waals surface area contributed by atoms with Gasteiger partial charge < -0.3 is 14.7 Å². The maximum Gasteiger partial charge on any atom is 0.172 e. The van der Waals surface area contributed by atoms with Gasteiger partial charge in [0.25, 0.3) is 0 Å². The summed E-state index contributed by atoms with van der Waals surface area (Å²) in [6, 6.07) is 2.31. The Kier molecular flexibility index (Phi) is 2.47. The highest BCUT2D eigenvalue weighted by atomic mass is 16.5. The summed E-state index contributed by atoms with van der Waals surface area (Å²) in [5.74, 6) is 2.24. The first-order valence-electron chi connectivity index (χ1n) is 6.23. The Morgan fingerprint density at radius 2 is 2.35 bits per heavy atom. The maximum atomic E-state index is 9.74. The molecule has 0 aliphatic carbocycles. The van der Waals surface area contributed by atoms with Gasteiger partial charge in [-0.15, -0.1) is 0 Å². The van der Waals surface area contributed by atoms with E-state index in [2.05, 4.69) is 23.7 Å². The summed E-state index contributed by atoms with van der Waals surface area (Å²) in [5.41, 5.74) is 1.20. The van der Waals surface area contributed by atoms with Gasteiger partial charge in [0, 0.05) is 18.3 Å². The molecule has 2 atom stereocenters. The molecular formula is C13H18N2O2. The van der Waals surface area contributed by atoms with E-state index in [1.54, 1.807) is 0 Å². The van der Waals surface area contributed by atoms with Gasteiger partial charge in [-0.2, -0.15) is 0 Å². The van der Waals surface area contributed by atoms with Crippen LogP contribution >= 0.6 is 0 Å². The van der Waals surface area contributed by atoms with Gasteiger partial charge in [-0.25, -0.2) is 4.98 Å². The number of fused-ring (bicyclic) bond motifs is 3. The summed E-state index contributed by atoms with van der Waals surface area (Å²) in [7, 11) is 0. The second-order valence-electron chi connectivity index (χ2n) is 5.21. The van der Waals surface area contributed by atoms with Crippen molar-refractivity contribution in [2.75, 3.05) is 18.1 Å². The van der Waals surface area contributed by atoms with E-state index in [4.69, 9.17) is 4.74 Å². The Morgan fingerprint density at radius 1 is 1.53 bits per heavy atom. The van der Waals surface area contributed by atoms with Crippen molar-refractivity contribution in [3.8, 4) is 5.75 Å². The number of aliphatic hydroxyl groups is 1. The van der Waals surface area contributed by atoms with Gasteiger partial charge in [-0.3, -0.25) is 0 Å². The van der Waals surface area contributed by atoms with E-state index in [0.717, 1.165) is 18.0 Å². The number of anilines is 1. The summed E-state index contributed by atoms with van der Waals surface area (Å²) in [4.78, 5) is 6.62. The summed E-state index contributed by atoms with van der Waals surface area (Å²) < 4.78 is 5.86. The van der Waals surface area contributed by atoms with Gasteiger partial charge in [0.1, 0.15) is 6.61 Å². The third-order valence-corrected chi connectivity index (χ3v) is 3.62. The van der Waals surface area contributed by atoms with Gasteiger partial charge in [0.15, 0.2) is 11.6 Å². The smallest absolute Gasteiger partial charge is 0.172 e. The normalized spacial score (nSPS) is 26.7. The Morgan fingerprint density at radius 3 is 3.12 bits per heavy atom. The van der Waals surface area contributed by atoms with E-state index in [1.807, 2.05) is 12.3 Å². The first kappa shape index (κ1) is 10.8. The van der Waals surface area contributed by atoms with Gasteiger partial charge in [0.05, 0.1) is 12.1 Å². The molecule has 3 heterocycles. The molecule has 0 bridgehead atoms. The molecule has 3 rings (SSSR count). The summed E-state index contributed by atoms with van der Waals surface area (Å²) in [6.07, 6.45) is 2.37. The van der Waals surface area contributed by atoms with E-state index in [1.165, 1.54) is 5.56 Å². The molecule has 1 unspecified atom stereocenters. The van der Waals surface area contributed by atoms with Crippen LogP contribution in [0.4, 0.5) is 5.82 Å². The molecule has 4 heteroatoms. The molecule has 1 saturated heterocycles. The van der Waals surface area contributed by atoms with Crippen molar-refractivity contribution in [2.45, 2.75) is 38.3 Å². The fraction of sp³-hybridized carbons (Fsp3) is 0.615. The van der Waals surface area contributed by atoms with Crippen LogP contribution in [0.15, 0.2) is 12.3 Å². The van der Waals surface area contributed by atoms with Gasteiger partial charge in [-0.1, -0.05) is 13.8 Å². The zero-order chi connectivity index (χ0) is 12.0. The standard InChI is InChI=1S/C13H18N2O2/c1-8(2)11-3-4-14-13-12(11)17-7-9-5-10(16)6-15(9)13/h3-4,8-10,16H,5-7H2,1-2H3/t9?,10-/m0/s1. The molecule has 0 radical (unpaired) electrons. The van der Waals surface area contributed by atoms with E-state index >= 15 is 0 Å². The third-order valence-electron chi connectivity index (χ3n) is 3.62. The zero-order valence-electron chi connectivity index (χ0n) is 10.3. The van der Waals surface area contributed by atoms with Crippen molar-refractivity contribution in [1.29, 1.82) is 0 Å². The fourth-order valence-electron chi connectivity index (χ4n) is 2.75. The van der Waals surface area contributed by atoms with Crippen LogP contribution in [0.1, 0.15) is 31.7 Å². The first-order chi connectivity index (χ1) is 8.16. The van der Waals surface area contributed by atoms with Crippen molar-refractivity contribution in [3.63, 3.8) is 0 Å². The molecule has 92 valence electrons. The average molecular weight is 234 g/mol. The van der Waals surface area contributed by atoms with E-state index in [-0.39, 0.29) is 12.1 Å². The number of aromatic nitrogens is 1. The van der Waals surface area contributed by atoms with E-state index < -0.39 is 0 Å². The second kappa shape index (κ2) is 3.88. The van der Waals surface area contributed by atoms with Gasteiger partial charge in [-0.05, 0) is 18.4 Å². The second-order valence-corrected chi connectivity index (χ2v) is 5.21. The molecule has 4 nitrogen and oxygen atoms in total. The minimum Gasteiger partial charge on any atom is -0.487 e. The first-order valence-corrected chi connectivity index (χ1v) is 6.23. The highest BCUT2D eigenvalue weighted by molar-refractivity contribution is 5.60. The van der Waals surface area contributed by atoms with Crippen LogP contribution in [0.3, 0.4) is 0 Å². The van der Waals surface area contributed by atoms with Crippen LogP contribution < -0.4 is 9.64 Å². The predicted molar refractivity (Wildman–Crippen MR) is 65.6 cm³/mol. The number of hydrogen-bond acceptors (Lipinski definition) is 4. The zero-order valence-corrected chi connectivity index (χ0v) is 10.3. The van der Waals surface area contributed by atoms with Crippen molar-refractivity contribution in [3.05, 3.63) is 17.8 Å². The summed E-state index contributed by atoms with van der Waals surface area (Å²) in [6.45, 7) is 5.65. The number of ether oxygens (including phenoxy) is 1. The van der Waals surface area contributed by atoms with Crippen molar-refractivity contribution in [1.82, 2.24) is 4.98 Å². The highest BCUT2D eigenvalue weighted by Gasteiger charge is 2.37. The van der Waals surface area contributed by atoms with Crippen LogP contribution in [0, 0.1) is 0 Å². The SMILES string of the molecule is CC(C)c1ccnc2c1OCC1C[C@H](O)CN21. The number of pyridine rings is 1. The Balaban J connectivity index is 2.04. The van der Waals surface area contributed by atoms with Crippen LogP contribution in [0.25, 0.3) is 0 Å². The molecular weight excluding hydrogens is 216 g/mol. The largest absolute Gasteiger partial charge is 0.487 e. The Hall–Kier alpha value is -1.29. The van der Waals surface area contributed by atoms with E-state index in [0.29, 0.717) is 19.1 Å². The molecule has 2 aliphatic rings. The number of hydrogen-bond donors (Lipinski definition) is 1. The molecule has 0 spiro atoms. The lowest BCUT2D eigenvalue weighted by Crippen LogP contribution is -2.39. The average Bonchev–Trinajstić information content (AvgIpc) is 2.68. The maximum absolute atomic E-state index is 9.74. The highest BCUT2D eigenvalue weighted by Crippen LogP contribution is 2.40. The lowest BCUT2D eigenvalue weighted by atomic mass is 10.0. The Labute approximate surface area is 101 Å². The van der Waals surface area contributed by atoms with Crippen LogP contribution in [-0.2, 0) is 0 Å². The minimum atomic E-state index is -0.251. The van der Waals surface area contributed by atoms with Crippen LogP contribution in [0.5, 0.6) is 5.75 Å². The van der Waals surface area contributed by atoms with Crippen LogP contribution in [0.2, 0.25) is 0 Å². The summed E-state index contributed by atoms with van der Waals surface area (Å²) >= 11 is 0.